The molecule has 0 aromatic heterocycles. The second kappa shape index (κ2) is 7.12. The van der Waals surface area contributed by atoms with Crippen molar-refractivity contribution in [2.75, 3.05) is 5.32 Å². The third-order valence-electron chi connectivity index (χ3n) is 2.36. The lowest BCUT2D eigenvalue weighted by atomic mass is 10.2. The molecule has 3 nitrogen and oxygen atoms in total. The second-order valence-corrected chi connectivity index (χ2v) is 5.18. The van der Waals surface area contributed by atoms with Gasteiger partial charge in [-0.2, -0.15) is 5.10 Å². The van der Waals surface area contributed by atoms with Crippen molar-refractivity contribution in [1.29, 1.82) is 0 Å². The summed E-state index contributed by atoms with van der Waals surface area (Å²) in [7, 11) is 0. The summed E-state index contributed by atoms with van der Waals surface area (Å²) in [5, 5.41) is 7.19. The van der Waals surface area contributed by atoms with Crippen LogP contribution in [0.3, 0.4) is 0 Å². The van der Waals surface area contributed by atoms with Crippen LogP contribution in [0.25, 0.3) is 0 Å². The maximum Gasteiger partial charge on any atom is 0.191 e. The minimum Gasteiger partial charge on any atom is -0.331 e. The number of thiocarbonyl (C=S) groups is 1. The fourth-order valence-electron chi connectivity index (χ4n) is 1.47. The molecule has 0 aliphatic rings. The molecule has 0 spiro atoms. The first-order valence-electron chi connectivity index (χ1n) is 5.75. The Morgan fingerprint density at radius 2 is 2.00 bits per heavy atom. The number of rotatable bonds is 3. The van der Waals surface area contributed by atoms with E-state index in [2.05, 4.69) is 31.8 Å². The monoisotopic (exact) mass is 351 g/mol. The van der Waals surface area contributed by atoms with Gasteiger partial charge in [0.2, 0.25) is 0 Å². The van der Waals surface area contributed by atoms with Gasteiger partial charge in [-0.15, -0.1) is 0 Å². The predicted octanol–water partition coefficient (Wildman–Crippen LogP) is 3.91. The van der Waals surface area contributed by atoms with Gasteiger partial charge in [-0.3, -0.25) is 5.43 Å². The van der Waals surface area contributed by atoms with Crippen molar-refractivity contribution in [3.8, 4) is 0 Å². The molecule has 0 saturated carbocycles. The molecule has 20 heavy (non-hydrogen) atoms. The molecule has 2 aromatic carbocycles. The van der Waals surface area contributed by atoms with E-state index < -0.39 is 0 Å². The number of hydrogen-bond acceptors (Lipinski definition) is 2. The first-order chi connectivity index (χ1) is 9.65. The highest BCUT2D eigenvalue weighted by Crippen LogP contribution is 2.15. The number of benzene rings is 2. The second-order valence-electron chi connectivity index (χ2n) is 3.86. The van der Waals surface area contributed by atoms with E-state index in [1.165, 1.54) is 12.3 Å². The van der Waals surface area contributed by atoms with Gasteiger partial charge in [0.25, 0.3) is 0 Å². The molecule has 0 heterocycles. The zero-order chi connectivity index (χ0) is 14.4. The summed E-state index contributed by atoms with van der Waals surface area (Å²) < 4.78 is 14.3. The van der Waals surface area contributed by atoms with Gasteiger partial charge in [-0.1, -0.05) is 40.2 Å². The van der Waals surface area contributed by atoms with Gasteiger partial charge >= 0.3 is 0 Å². The first-order valence-corrected chi connectivity index (χ1v) is 6.95. The van der Waals surface area contributed by atoms with Crippen molar-refractivity contribution in [1.82, 2.24) is 5.43 Å². The first kappa shape index (κ1) is 14.6. The lowest BCUT2D eigenvalue weighted by molar-refractivity contribution is 0.626. The fourth-order valence-corrected chi connectivity index (χ4v) is 2.04. The number of nitrogens with zero attached hydrogens (tertiary/aromatic N) is 1. The average Bonchev–Trinajstić information content (AvgIpc) is 2.41. The number of anilines is 1. The Bertz CT molecular complexity index is 646. The molecule has 0 aliphatic heterocycles. The van der Waals surface area contributed by atoms with Crippen molar-refractivity contribution >= 4 is 45.2 Å². The van der Waals surface area contributed by atoms with Crippen molar-refractivity contribution < 1.29 is 4.39 Å². The Balaban J connectivity index is 1.91. The SMILES string of the molecule is Fc1ccccc1/C=N\NC(=S)Nc1cccc(Br)c1. The van der Waals surface area contributed by atoms with Crippen molar-refractivity contribution in [3.05, 3.63) is 64.4 Å². The smallest absolute Gasteiger partial charge is 0.191 e. The van der Waals surface area contributed by atoms with E-state index in [0.717, 1.165) is 10.2 Å². The topological polar surface area (TPSA) is 36.4 Å². The molecule has 0 amide bonds. The van der Waals surface area contributed by atoms with Crippen LogP contribution in [0, 0.1) is 5.82 Å². The number of halogens is 2. The molecule has 0 atom stereocenters. The lowest BCUT2D eigenvalue weighted by Crippen LogP contribution is -2.23. The van der Waals surface area contributed by atoms with E-state index in [1.54, 1.807) is 18.2 Å². The lowest BCUT2D eigenvalue weighted by Gasteiger charge is -2.07. The van der Waals surface area contributed by atoms with Gasteiger partial charge in [0.05, 0.1) is 6.21 Å². The van der Waals surface area contributed by atoms with Crippen molar-refractivity contribution in [2.45, 2.75) is 0 Å². The highest BCUT2D eigenvalue weighted by atomic mass is 79.9. The van der Waals surface area contributed by atoms with Gasteiger partial charge in [0.15, 0.2) is 5.11 Å². The summed E-state index contributed by atoms with van der Waals surface area (Å²) >= 11 is 8.45. The van der Waals surface area contributed by atoms with Crippen molar-refractivity contribution in [3.63, 3.8) is 0 Å². The van der Waals surface area contributed by atoms with Crippen LogP contribution in [0.1, 0.15) is 5.56 Å². The molecule has 0 saturated heterocycles. The summed E-state index contributed by atoms with van der Waals surface area (Å²) in [5.41, 5.74) is 3.86. The highest BCUT2D eigenvalue weighted by Gasteiger charge is 1.98. The minimum atomic E-state index is -0.330. The average molecular weight is 352 g/mol. The van der Waals surface area contributed by atoms with Gasteiger partial charge < -0.3 is 5.32 Å². The molecule has 2 N–H and O–H groups in total. The van der Waals surface area contributed by atoms with Crippen LogP contribution in [0.4, 0.5) is 10.1 Å². The molecule has 0 unspecified atom stereocenters. The molecular weight excluding hydrogens is 341 g/mol. The van der Waals surface area contributed by atoms with Gasteiger partial charge in [0, 0.05) is 15.7 Å². The highest BCUT2D eigenvalue weighted by molar-refractivity contribution is 9.10. The maximum absolute atomic E-state index is 13.3. The Kier molecular flexibility index (Phi) is 5.20. The summed E-state index contributed by atoms with van der Waals surface area (Å²) in [6, 6.07) is 13.9. The molecule has 102 valence electrons. The predicted molar refractivity (Wildman–Crippen MR) is 87.5 cm³/mol. The molecule has 2 rings (SSSR count). The van der Waals surface area contributed by atoms with E-state index in [0.29, 0.717) is 10.7 Å². The van der Waals surface area contributed by atoms with Crippen LogP contribution in [-0.2, 0) is 0 Å². The Hall–Kier alpha value is -1.79. The molecule has 6 heteroatoms. The number of hydrogen-bond donors (Lipinski definition) is 2. The van der Waals surface area contributed by atoms with Crippen LogP contribution in [-0.4, -0.2) is 11.3 Å². The van der Waals surface area contributed by atoms with E-state index in [9.17, 15) is 4.39 Å². The van der Waals surface area contributed by atoms with Gasteiger partial charge in [-0.05, 0) is 36.5 Å². The van der Waals surface area contributed by atoms with Crippen LogP contribution in [0.2, 0.25) is 0 Å². The molecular formula is C14H11BrFN3S. The van der Waals surface area contributed by atoms with Gasteiger partial charge in [0.1, 0.15) is 5.82 Å². The maximum atomic E-state index is 13.3. The molecule has 0 aliphatic carbocycles. The zero-order valence-corrected chi connectivity index (χ0v) is 12.7. The largest absolute Gasteiger partial charge is 0.331 e. The quantitative estimate of drug-likeness (QED) is 0.500. The zero-order valence-electron chi connectivity index (χ0n) is 10.3. The summed E-state index contributed by atoms with van der Waals surface area (Å²) in [5.74, 6) is -0.330. The third-order valence-corrected chi connectivity index (χ3v) is 3.04. The molecule has 0 fully saturated rings. The van der Waals surface area contributed by atoms with Crippen LogP contribution in [0.15, 0.2) is 58.1 Å². The molecule has 0 bridgehead atoms. The number of nitrogens with one attached hydrogen (secondary N) is 2. The van der Waals surface area contributed by atoms with E-state index in [1.807, 2.05) is 24.3 Å². The van der Waals surface area contributed by atoms with E-state index >= 15 is 0 Å². The molecule has 0 radical (unpaired) electrons. The van der Waals surface area contributed by atoms with Crippen LogP contribution < -0.4 is 10.7 Å². The normalized spacial score (nSPS) is 10.5. The van der Waals surface area contributed by atoms with Crippen LogP contribution >= 0.6 is 28.1 Å². The Morgan fingerprint density at radius 3 is 2.75 bits per heavy atom. The summed E-state index contributed by atoms with van der Waals surface area (Å²) in [6.45, 7) is 0. The van der Waals surface area contributed by atoms with E-state index in [-0.39, 0.29) is 5.82 Å². The minimum absolute atomic E-state index is 0.329. The third kappa shape index (κ3) is 4.40. The Labute approximate surface area is 130 Å². The summed E-state index contributed by atoms with van der Waals surface area (Å²) in [6.07, 6.45) is 1.38. The van der Waals surface area contributed by atoms with Crippen molar-refractivity contribution in [2.24, 2.45) is 5.10 Å². The summed E-state index contributed by atoms with van der Waals surface area (Å²) in [4.78, 5) is 0. The standard InChI is InChI=1S/C14H11BrFN3S/c15-11-5-3-6-12(8-11)18-14(20)19-17-9-10-4-1-2-7-13(10)16/h1-9H,(H2,18,19,20)/b17-9-. The van der Waals surface area contributed by atoms with Gasteiger partial charge in [-0.25, -0.2) is 4.39 Å². The van der Waals surface area contributed by atoms with Crippen LogP contribution in [0.5, 0.6) is 0 Å². The fraction of sp³-hybridized carbons (Fsp3) is 0. The molecule has 2 aromatic rings. The van der Waals surface area contributed by atoms with E-state index in [4.69, 9.17) is 12.2 Å². The Morgan fingerprint density at radius 1 is 1.20 bits per heavy atom. The number of hydrazone groups is 1.